The van der Waals surface area contributed by atoms with Gasteiger partial charge in [-0.3, -0.25) is 4.79 Å². The minimum absolute atomic E-state index is 0.0301. The maximum Gasteiger partial charge on any atom is 0.229 e. The Labute approximate surface area is 182 Å². The maximum atomic E-state index is 12.5. The zero-order valence-electron chi connectivity index (χ0n) is 17.6. The van der Waals surface area contributed by atoms with E-state index >= 15 is 0 Å². The van der Waals surface area contributed by atoms with Crippen LogP contribution in [0, 0.1) is 6.92 Å². The topological polar surface area (TPSA) is 148 Å². The number of hydrogen-bond acceptors (Lipinski definition) is 10. The standard InChI is InChI=1S/C22H24O10/c1-9-4-12(24)17-13(30-9)6-10-5-11(28-2)7-14(16(10)18(17)25)31-22-20(27)19(26)21(29-3)15(8-23)32-22/h4-7,15,19-23,25-27H,8H2,1-3H3/t15-,19-,20-,21-,22-/m1/s1. The number of benzene rings is 2. The van der Waals surface area contributed by atoms with Gasteiger partial charge in [-0.1, -0.05) is 0 Å². The molecule has 10 nitrogen and oxygen atoms in total. The molecule has 10 heteroatoms. The number of methoxy groups -OCH3 is 2. The summed E-state index contributed by atoms with van der Waals surface area (Å²) >= 11 is 0. The summed E-state index contributed by atoms with van der Waals surface area (Å²) in [5.41, 5.74) is -0.246. The second-order valence-electron chi connectivity index (χ2n) is 7.57. The molecule has 1 aliphatic heterocycles. The Hall–Kier alpha value is -2.89. The Morgan fingerprint density at radius 1 is 1.06 bits per heavy atom. The fourth-order valence-electron chi connectivity index (χ4n) is 3.99. The molecule has 0 unspecified atom stereocenters. The van der Waals surface area contributed by atoms with Gasteiger partial charge in [0.2, 0.25) is 6.29 Å². The molecule has 2 aromatic carbocycles. The number of fused-ring (bicyclic) bond motifs is 2. The summed E-state index contributed by atoms with van der Waals surface area (Å²) in [4.78, 5) is 12.5. The summed E-state index contributed by atoms with van der Waals surface area (Å²) in [7, 11) is 2.76. The molecule has 1 saturated heterocycles. The molecule has 0 amide bonds. The van der Waals surface area contributed by atoms with Crippen LogP contribution in [0.25, 0.3) is 21.7 Å². The number of rotatable bonds is 5. The van der Waals surface area contributed by atoms with Crippen molar-refractivity contribution in [1.82, 2.24) is 0 Å². The van der Waals surface area contributed by atoms with E-state index in [2.05, 4.69) is 0 Å². The second-order valence-corrected chi connectivity index (χ2v) is 7.57. The fourth-order valence-corrected chi connectivity index (χ4v) is 3.99. The molecular weight excluding hydrogens is 424 g/mol. The Balaban J connectivity index is 1.86. The quantitative estimate of drug-likeness (QED) is 0.413. The molecule has 3 aromatic rings. The third-order valence-electron chi connectivity index (χ3n) is 5.54. The predicted octanol–water partition coefficient (Wildman–Crippen LogP) is 0.802. The van der Waals surface area contributed by atoms with Crippen molar-refractivity contribution in [3.63, 3.8) is 0 Å². The summed E-state index contributed by atoms with van der Waals surface area (Å²) in [6, 6.07) is 5.90. The van der Waals surface area contributed by atoms with Crippen molar-refractivity contribution in [3.8, 4) is 17.2 Å². The Bertz CT molecular complexity index is 1200. The van der Waals surface area contributed by atoms with Crippen molar-refractivity contribution >= 4 is 21.7 Å². The molecule has 1 aromatic heterocycles. The molecule has 0 aliphatic carbocycles. The Morgan fingerprint density at radius 3 is 2.47 bits per heavy atom. The first-order valence-corrected chi connectivity index (χ1v) is 9.89. The zero-order valence-corrected chi connectivity index (χ0v) is 17.6. The highest BCUT2D eigenvalue weighted by Crippen LogP contribution is 2.42. The monoisotopic (exact) mass is 448 g/mol. The van der Waals surface area contributed by atoms with Crippen molar-refractivity contribution in [2.24, 2.45) is 0 Å². The molecule has 0 saturated carbocycles. The van der Waals surface area contributed by atoms with Crippen LogP contribution in [0.15, 0.2) is 33.5 Å². The van der Waals surface area contributed by atoms with Gasteiger partial charge in [-0.2, -0.15) is 0 Å². The fraction of sp³-hybridized carbons (Fsp3) is 0.409. The van der Waals surface area contributed by atoms with E-state index in [0.717, 1.165) is 0 Å². The summed E-state index contributed by atoms with van der Waals surface area (Å²) in [5, 5.41) is 42.0. The Morgan fingerprint density at radius 2 is 1.81 bits per heavy atom. The van der Waals surface area contributed by atoms with Gasteiger partial charge in [-0.25, -0.2) is 0 Å². The number of phenolic OH excluding ortho intramolecular Hbond substituents is 1. The van der Waals surface area contributed by atoms with Crippen molar-refractivity contribution in [2.75, 3.05) is 20.8 Å². The molecule has 0 radical (unpaired) electrons. The van der Waals surface area contributed by atoms with E-state index in [1.807, 2.05) is 0 Å². The lowest BCUT2D eigenvalue weighted by Crippen LogP contribution is -2.60. The number of aromatic hydroxyl groups is 1. The van der Waals surface area contributed by atoms with E-state index in [-0.39, 0.29) is 27.9 Å². The first-order chi connectivity index (χ1) is 15.3. The van der Waals surface area contributed by atoms with Crippen molar-refractivity contribution in [3.05, 3.63) is 40.2 Å². The summed E-state index contributed by atoms with van der Waals surface area (Å²) < 4.78 is 27.5. The van der Waals surface area contributed by atoms with Crippen LogP contribution in [0.5, 0.6) is 17.2 Å². The number of hydrogen-bond donors (Lipinski definition) is 4. The van der Waals surface area contributed by atoms with Gasteiger partial charge in [0.1, 0.15) is 58.4 Å². The number of aliphatic hydroxyl groups is 3. The summed E-state index contributed by atoms with van der Waals surface area (Å²) in [6.45, 7) is 1.14. The van der Waals surface area contributed by atoms with Gasteiger partial charge in [0.15, 0.2) is 5.43 Å². The van der Waals surface area contributed by atoms with Crippen LogP contribution in [-0.4, -0.2) is 72.0 Å². The average molecular weight is 448 g/mol. The summed E-state index contributed by atoms with van der Waals surface area (Å²) in [6.07, 6.45) is -6.28. The highest BCUT2D eigenvalue weighted by molar-refractivity contribution is 6.06. The molecule has 4 N–H and O–H groups in total. The van der Waals surface area contributed by atoms with Gasteiger partial charge in [0.05, 0.1) is 19.1 Å². The molecule has 0 spiro atoms. The van der Waals surface area contributed by atoms with Crippen LogP contribution >= 0.6 is 0 Å². The minimum atomic E-state index is -1.53. The van der Waals surface area contributed by atoms with Crippen molar-refractivity contribution in [1.29, 1.82) is 0 Å². The number of phenols is 1. The third-order valence-corrected chi connectivity index (χ3v) is 5.54. The predicted molar refractivity (Wildman–Crippen MR) is 112 cm³/mol. The third kappa shape index (κ3) is 3.65. The molecule has 5 atom stereocenters. The molecule has 4 rings (SSSR count). The van der Waals surface area contributed by atoms with Crippen molar-refractivity contribution in [2.45, 2.75) is 37.6 Å². The van der Waals surface area contributed by atoms with Gasteiger partial charge in [-0.05, 0) is 24.4 Å². The molecule has 1 fully saturated rings. The summed E-state index contributed by atoms with van der Waals surface area (Å²) in [5.74, 6) is 0.405. The molecule has 32 heavy (non-hydrogen) atoms. The van der Waals surface area contributed by atoms with Gasteiger partial charge in [-0.15, -0.1) is 0 Å². The lowest BCUT2D eigenvalue weighted by atomic mass is 9.99. The first-order valence-electron chi connectivity index (χ1n) is 9.89. The maximum absolute atomic E-state index is 12.5. The van der Waals surface area contributed by atoms with Gasteiger partial charge in [0.25, 0.3) is 0 Å². The van der Waals surface area contributed by atoms with Crippen LogP contribution in [0.2, 0.25) is 0 Å². The zero-order chi connectivity index (χ0) is 23.2. The highest BCUT2D eigenvalue weighted by atomic mass is 16.7. The molecule has 1 aliphatic rings. The Kier molecular flexibility index (Phi) is 5.97. The van der Waals surface area contributed by atoms with E-state index < -0.39 is 42.7 Å². The van der Waals surface area contributed by atoms with Crippen LogP contribution in [0.3, 0.4) is 0 Å². The SMILES string of the molecule is COc1cc(O[C@@H]2O[C@H](CO)[C@@H](OC)[C@H](O)[C@H]2O)c2c(O)c3c(=O)cc(C)oc3cc2c1. The average Bonchev–Trinajstić information content (AvgIpc) is 2.75. The van der Waals surface area contributed by atoms with E-state index in [0.29, 0.717) is 16.9 Å². The van der Waals surface area contributed by atoms with Crippen LogP contribution in [0.1, 0.15) is 5.76 Å². The highest BCUT2D eigenvalue weighted by Gasteiger charge is 2.46. The van der Waals surface area contributed by atoms with Crippen LogP contribution < -0.4 is 14.9 Å². The molecule has 0 bridgehead atoms. The molecule has 2 heterocycles. The minimum Gasteiger partial charge on any atom is -0.506 e. The van der Waals surface area contributed by atoms with E-state index in [4.69, 9.17) is 23.4 Å². The number of aryl methyl sites for hydroxylation is 1. The normalized spacial score (nSPS) is 25.9. The van der Waals surface area contributed by atoms with E-state index in [1.165, 1.54) is 26.4 Å². The number of ether oxygens (including phenoxy) is 4. The molecule has 172 valence electrons. The van der Waals surface area contributed by atoms with Gasteiger partial charge >= 0.3 is 0 Å². The van der Waals surface area contributed by atoms with Gasteiger partial charge < -0.3 is 43.8 Å². The van der Waals surface area contributed by atoms with Crippen LogP contribution in [0.4, 0.5) is 0 Å². The first kappa shape index (κ1) is 22.3. The lowest BCUT2D eigenvalue weighted by molar-refractivity contribution is -0.281. The van der Waals surface area contributed by atoms with E-state index in [9.17, 15) is 25.2 Å². The largest absolute Gasteiger partial charge is 0.506 e. The second kappa shape index (κ2) is 8.57. The van der Waals surface area contributed by atoms with Gasteiger partial charge in [0, 0.05) is 19.2 Å². The van der Waals surface area contributed by atoms with Crippen molar-refractivity contribution < 1.29 is 43.8 Å². The smallest absolute Gasteiger partial charge is 0.229 e. The number of aliphatic hydroxyl groups excluding tert-OH is 3. The molecular formula is C22H24O10. The van der Waals surface area contributed by atoms with Crippen LogP contribution in [-0.2, 0) is 9.47 Å². The van der Waals surface area contributed by atoms with E-state index in [1.54, 1.807) is 19.1 Å². The lowest BCUT2D eigenvalue weighted by Gasteiger charge is -2.41.